The maximum absolute atomic E-state index is 13.1. The van der Waals surface area contributed by atoms with E-state index in [-0.39, 0.29) is 24.9 Å². The van der Waals surface area contributed by atoms with Crippen molar-refractivity contribution in [3.63, 3.8) is 0 Å². The van der Waals surface area contributed by atoms with Crippen molar-refractivity contribution < 1.29 is 33.6 Å². The van der Waals surface area contributed by atoms with Crippen molar-refractivity contribution in [2.45, 2.75) is 64.9 Å². The van der Waals surface area contributed by atoms with Gasteiger partial charge in [-0.1, -0.05) is 30.3 Å². The van der Waals surface area contributed by atoms with Gasteiger partial charge in [0, 0.05) is 13.7 Å². The molecule has 1 aromatic heterocycles. The van der Waals surface area contributed by atoms with E-state index in [0.717, 1.165) is 12.7 Å². The zero-order valence-electron chi connectivity index (χ0n) is 22.3. The minimum Gasteiger partial charge on any atom is -0.501 e. The fraction of sp³-hybridized carbons (Fsp3) is 0.538. The number of nitrogens with one attached hydrogen (secondary N) is 1. The summed E-state index contributed by atoms with van der Waals surface area (Å²) in [6.07, 6.45) is -0.237. The molecule has 0 aliphatic rings. The molecule has 0 aliphatic heterocycles. The molecule has 2 aromatic rings. The number of hydrogen-bond donors (Lipinski definition) is 2. The molecule has 0 spiro atoms. The summed E-state index contributed by atoms with van der Waals surface area (Å²) < 4.78 is 21.6. The first-order valence-corrected chi connectivity index (χ1v) is 12.1. The largest absolute Gasteiger partial charge is 0.501 e. The fourth-order valence-electron chi connectivity index (χ4n) is 3.61. The molecular formula is C26H37N3O8. The third-order valence-corrected chi connectivity index (χ3v) is 5.46. The number of amides is 1. The summed E-state index contributed by atoms with van der Waals surface area (Å²) in [5.41, 5.74) is -1.20. The van der Waals surface area contributed by atoms with Crippen LogP contribution in [0.4, 0.5) is 4.79 Å². The van der Waals surface area contributed by atoms with E-state index in [2.05, 4.69) is 14.7 Å². The third kappa shape index (κ3) is 8.87. The number of rotatable bonds is 12. The number of esters is 1. The molecule has 1 heterocycles. The van der Waals surface area contributed by atoms with Gasteiger partial charge >= 0.3 is 12.1 Å². The topological polar surface area (TPSA) is 140 Å². The highest BCUT2D eigenvalue weighted by Crippen LogP contribution is 2.27. The first-order chi connectivity index (χ1) is 17.5. The van der Waals surface area contributed by atoms with Gasteiger partial charge in [0.15, 0.2) is 5.69 Å². The number of hydrogen-bond acceptors (Lipinski definition) is 9. The number of methoxy groups -OCH3 is 2. The molecule has 11 heteroatoms. The van der Waals surface area contributed by atoms with Crippen molar-refractivity contribution in [1.82, 2.24) is 14.9 Å². The number of benzene rings is 1. The highest BCUT2D eigenvalue weighted by atomic mass is 16.6. The number of aromatic amines is 1. The quantitative estimate of drug-likeness (QED) is 0.403. The van der Waals surface area contributed by atoms with Gasteiger partial charge in [-0.25, -0.2) is 14.6 Å². The van der Waals surface area contributed by atoms with Gasteiger partial charge in [-0.05, 0) is 46.1 Å². The normalized spacial score (nSPS) is 13.0. The van der Waals surface area contributed by atoms with Crippen molar-refractivity contribution in [3.8, 4) is 5.75 Å². The average molecular weight is 520 g/mol. The summed E-state index contributed by atoms with van der Waals surface area (Å²) >= 11 is 0. The van der Waals surface area contributed by atoms with E-state index in [1.165, 1.54) is 4.90 Å². The van der Waals surface area contributed by atoms with Crippen LogP contribution in [-0.4, -0.2) is 71.1 Å². The van der Waals surface area contributed by atoms with Gasteiger partial charge in [-0.2, -0.15) is 0 Å². The summed E-state index contributed by atoms with van der Waals surface area (Å²) in [5, 5.41) is 10.1. The molecule has 0 saturated heterocycles. The predicted octanol–water partition coefficient (Wildman–Crippen LogP) is 3.57. The van der Waals surface area contributed by atoms with Gasteiger partial charge < -0.3 is 29.0 Å². The van der Waals surface area contributed by atoms with Crippen molar-refractivity contribution in [3.05, 3.63) is 57.8 Å². The molecule has 0 radical (unpaired) electrons. The lowest BCUT2D eigenvalue weighted by Crippen LogP contribution is -2.41. The lowest BCUT2D eigenvalue weighted by Gasteiger charge is -2.33. The van der Waals surface area contributed by atoms with Crippen LogP contribution in [0, 0.1) is 0 Å². The van der Waals surface area contributed by atoms with Crippen LogP contribution >= 0.6 is 0 Å². The van der Waals surface area contributed by atoms with Crippen LogP contribution in [0.3, 0.4) is 0 Å². The molecular weight excluding hydrogens is 482 g/mol. The molecule has 1 aromatic carbocycles. The molecule has 11 nitrogen and oxygen atoms in total. The van der Waals surface area contributed by atoms with Crippen LogP contribution in [-0.2, 0) is 25.6 Å². The van der Waals surface area contributed by atoms with E-state index in [9.17, 15) is 19.5 Å². The van der Waals surface area contributed by atoms with Crippen LogP contribution < -0.4 is 5.56 Å². The summed E-state index contributed by atoms with van der Waals surface area (Å²) in [6.45, 7) is 7.92. The molecule has 2 atom stereocenters. The number of carbonyl (C=O) groups excluding carboxylic acids is 2. The second-order valence-electron chi connectivity index (χ2n) is 9.36. The highest BCUT2D eigenvalue weighted by Gasteiger charge is 2.32. The molecule has 0 fully saturated rings. The zero-order valence-corrected chi connectivity index (χ0v) is 22.3. The minimum absolute atomic E-state index is 0.0102. The Labute approximate surface area is 216 Å². The molecule has 2 rings (SSSR count). The van der Waals surface area contributed by atoms with E-state index >= 15 is 0 Å². The molecule has 2 N–H and O–H groups in total. The van der Waals surface area contributed by atoms with Crippen LogP contribution in [0.2, 0.25) is 0 Å². The Morgan fingerprint density at radius 3 is 2.38 bits per heavy atom. The molecule has 0 bridgehead atoms. The standard InChI is InChI=1S/C26H37N3O8/c1-7-29(25(33)37-26(2,3)4)19(22-27-20(24(32)35-6)21(30)23(31)28-22)14-13-18(34-5)16-36-15-17-11-9-8-10-12-17/h8-12,18-19,30H,7,13-16H2,1-6H3,(H,27,28,31)/t18-,19?/m0/s1. The van der Waals surface area contributed by atoms with Gasteiger partial charge in [0.2, 0.25) is 5.75 Å². The number of ether oxygens (including phenoxy) is 4. The predicted molar refractivity (Wildman–Crippen MR) is 135 cm³/mol. The smallest absolute Gasteiger partial charge is 0.410 e. The van der Waals surface area contributed by atoms with Crippen LogP contribution in [0.15, 0.2) is 35.1 Å². The van der Waals surface area contributed by atoms with E-state index in [1.807, 2.05) is 30.3 Å². The highest BCUT2D eigenvalue weighted by molar-refractivity contribution is 5.89. The first-order valence-electron chi connectivity index (χ1n) is 12.1. The summed E-state index contributed by atoms with van der Waals surface area (Å²) in [6, 6.07) is 8.91. The lowest BCUT2D eigenvalue weighted by atomic mass is 10.1. The summed E-state index contributed by atoms with van der Waals surface area (Å²) in [4.78, 5) is 45.7. The van der Waals surface area contributed by atoms with Crippen molar-refractivity contribution in [2.75, 3.05) is 27.4 Å². The zero-order chi connectivity index (χ0) is 27.6. The minimum atomic E-state index is -0.979. The lowest BCUT2D eigenvalue weighted by molar-refractivity contribution is -0.0105. The number of nitrogens with zero attached hydrogens (tertiary/aromatic N) is 2. The maximum atomic E-state index is 13.1. The monoisotopic (exact) mass is 519 g/mol. The molecule has 0 saturated carbocycles. The second kappa shape index (κ2) is 13.8. The number of aromatic hydroxyl groups is 1. The number of carbonyl (C=O) groups is 2. The van der Waals surface area contributed by atoms with Crippen LogP contribution in [0.1, 0.15) is 68.5 Å². The number of H-pyrrole nitrogens is 1. The first kappa shape index (κ1) is 29.8. The second-order valence-corrected chi connectivity index (χ2v) is 9.36. The van der Waals surface area contributed by atoms with Crippen molar-refractivity contribution in [2.24, 2.45) is 0 Å². The Kier molecular flexibility index (Phi) is 11.1. The molecule has 37 heavy (non-hydrogen) atoms. The average Bonchev–Trinajstić information content (AvgIpc) is 2.85. The Bertz CT molecular complexity index is 1080. The van der Waals surface area contributed by atoms with Crippen LogP contribution in [0.5, 0.6) is 5.75 Å². The SMILES string of the molecule is CCN(C(=O)OC(C)(C)C)C(CC[C@@H](COCc1ccccc1)OC)c1nc(C(=O)OC)c(O)c(=O)[nH]1. The van der Waals surface area contributed by atoms with Crippen LogP contribution in [0.25, 0.3) is 0 Å². The van der Waals surface area contributed by atoms with Gasteiger partial charge in [-0.15, -0.1) is 0 Å². The molecule has 1 amide bonds. The summed E-state index contributed by atoms with van der Waals surface area (Å²) in [7, 11) is 2.67. The van der Waals surface area contributed by atoms with Gasteiger partial charge in [-0.3, -0.25) is 9.69 Å². The fourth-order valence-corrected chi connectivity index (χ4v) is 3.61. The Balaban J connectivity index is 2.31. The molecule has 0 aliphatic carbocycles. The Morgan fingerprint density at radius 1 is 1.14 bits per heavy atom. The maximum Gasteiger partial charge on any atom is 0.410 e. The molecule has 1 unspecified atom stereocenters. The van der Waals surface area contributed by atoms with Gasteiger partial charge in [0.05, 0.1) is 32.5 Å². The van der Waals surface area contributed by atoms with E-state index in [4.69, 9.17) is 14.2 Å². The van der Waals surface area contributed by atoms with Gasteiger partial charge in [0.25, 0.3) is 5.56 Å². The van der Waals surface area contributed by atoms with Crippen molar-refractivity contribution in [1.29, 1.82) is 0 Å². The summed E-state index contributed by atoms with van der Waals surface area (Å²) in [5.74, 6) is -1.83. The third-order valence-electron chi connectivity index (χ3n) is 5.46. The van der Waals surface area contributed by atoms with E-state index < -0.39 is 40.7 Å². The van der Waals surface area contributed by atoms with Crippen molar-refractivity contribution >= 4 is 12.1 Å². The van der Waals surface area contributed by atoms with E-state index in [0.29, 0.717) is 19.6 Å². The Morgan fingerprint density at radius 2 is 1.81 bits per heavy atom. The number of aromatic nitrogens is 2. The van der Waals surface area contributed by atoms with E-state index in [1.54, 1.807) is 34.8 Å². The molecule has 204 valence electrons. The Hall–Kier alpha value is -3.44. The van der Waals surface area contributed by atoms with Gasteiger partial charge in [0.1, 0.15) is 11.4 Å².